The predicted octanol–water partition coefficient (Wildman–Crippen LogP) is 2.16. The first kappa shape index (κ1) is 11.1. The summed E-state index contributed by atoms with van der Waals surface area (Å²) >= 11 is 0. The van der Waals surface area contributed by atoms with Gasteiger partial charge in [-0.2, -0.15) is 10.4 Å². The minimum Gasteiger partial charge on any atom is -0.375 e. The molecule has 17 heavy (non-hydrogen) atoms. The Morgan fingerprint density at radius 1 is 1.47 bits per heavy atom. The summed E-state index contributed by atoms with van der Waals surface area (Å²) in [5.74, 6) is 0.784. The second-order valence-electron chi connectivity index (χ2n) is 3.88. The Kier molecular flexibility index (Phi) is 3.06. The maximum atomic E-state index is 8.85. The van der Waals surface area contributed by atoms with Crippen molar-refractivity contribution in [3.8, 4) is 6.07 Å². The molecule has 2 aromatic rings. The Morgan fingerprint density at radius 3 is 2.88 bits per heavy atom. The lowest BCUT2D eigenvalue weighted by Gasteiger charge is -2.13. The average Bonchev–Trinajstić information content (AvgIpc) is 2.82. The monoisotopic (exact) mass is 227 g/mol. The van der Waals surface area contributed by atoms with Gasteiger partial charge in [0, 0.05) is 5.69 Å². The molecule has 2 rings (SSSR count). The quantitative estimate of drug-likeness (QED) is 0.842. The van der Waals surface area contributed by atoms with Crippen LogP contribution in [-0.2, 0) is 0 Å². The molecule has 0 saturated heterocycles. The molecular weight excluding hydrogens is 214 g/mol. The number of aromatic amines is 1. The molecule has 86 valence electrons. The number of hydrogen-bond acceptors (Lipinski definition) is 4. The van der Waals surface area contributed by atoms with Crippen molar-refractivity contribution in [2.24, 2.45) is 0 Å². The Bertz CT molecular complexity index is 539. The Labute approximate surface area is 99.5 Å². The van der Waals surface area contributed by atoms with E-state index in [2.05, 4.69) is 26.6 Å². The van der Waals surface area contributed by atoms with Crippen LogP contribution in [0, 0.1) is 18.3 Å². The van der Waals surface area contributed by atoms with E-state index >= 15 is 0 Å². The lowest BCUT2D eigenvalue weighted by atomic mass is 10.1. The third-order valence-corrected chi connectivity index (χ3v) is 2.57. The molecule has 0 amide bonds. The zero-order chi connectivity index (χ0) is 12.3. The molecule has 0 aliphatic carbocycles. The second kappa shape index (κ2) is 4.66. The van der Waals surface area contributed by atoms with Gasteiger partial charge in [0.15, 0.2) is 0 Å². The fraction of sp³-hybridized carbons (Fsp3) is 0.250. The topological polar surface area (TPSA) is 77.4 Å². The average molecular weight is 227 g/mol. The van der Waals surface area contributed by atoms with E-state index in [4.69, 9.17) is 5.26 Å². The number of benzene rings is 1. The van der Waals surface area contributed by atoms with Gasteiger partial charge < -0.3 is 5.32 Å². The number of H-pyrrole nitrogens is 1. The number of nitrogens with zero attached hydrogens (tertiary/aromatic N) is 3. The molecular formula is C12H13N5. The van der Waals surface area contributed by atoms with Crippen molar-refractivity contribution in [2.75, 3.05) is 5.32 Å². The van der Waals surface area contributed by atoms with Gasteiger partial charge in [0.2, 0.25) is 0 Å². The first-order valence-electron chi connectivity index (χ1n) is 5.33. The highest BCUT2D eigenvalue weighted by atomic mass is 15.2. The fourth-order valence-corrected chi connectivity index (χ4v) is 1.62. The van der Waals surface area contributed by atoms with Gasteiger partial charge in [-0.25, -0.2) is 4.98 Å². The Morgan fingerprint density at radius 2 is 2.29 bits per heavy atom. The van der Waals surface area contributed by atoms with Crippen molar-refractivity contribution in [1.82, 2.24) is 15.2 Å². The number of aryl methyl sites for hydroxylation is 1. The molecule has 1 unspecified atom stereocenters. The molecule has 1 atom stereocenters. The van der Waals surface area contributed by atoms with Crippen molar-refractivity contribution in [3.05, 3.63) is 41.5 Å². The van der Waals surface area contributed by atoms with Gasteiger partial charge in [0.05, 0.1) is 17.7 Å². The van der Waals surface area contributed by atoms with Crippen molar-refractivity contribution in [1.29, 1.82) is 5.26 Å². The van der Waals surface area contributed by atoms with Crippen molar-refractivity contribution >= 4 is 5.69 Å². The summed E-state index contributed by atoms with van der Waals surface area (Å²) in [6.07, 6.45) is 1.48. The van der Waals surface area contributed by atoms with E-state index in [1.165, 1.54) is 6.33 Å². The largest absolute Gasteiger partial charge is 0.375 e. The number of hydrogen-bond donors (Lipinski definition) is 2. The number of nitriles is 1. The summed E-state index contributed by atoms with van der Waals surface area (Å²) < 4.78 is 0. The van der Waals surface area contributed by atoms with Crippen LogP contribution in [0.3, 0.4) is 0 Å². The molecule has 1 aromatic carbocycles. The van der Waals surface area contributed by atoms with Gasteiger partial charge in [0.25, 0.3) is 0 Å². The predicted molar refractivity (Wildman–Crippen MR) is 64.3 cm³/mol. The summed E-state index contributed by atoms with van der Waals surface area (Å²) in [6, 6.07) is 7.84. The lowest BCUT2D eigenvalue weighted by molar-refractivity contribution is 0.795. The molecule has 0 aliphatic rings. The molecule has 0 aliphatic heterocycles. The normalized spacial score (nSPS) is 11.8. The van der Waals surface area contributed by atoms with E-state index in [9.17, 15) is 0 Å². The highest BCUT2D eigenvalue weighted by molar-refractivity contribution is 5.52. The summed E-state index contributed by atoms with van der Waals surface area (Å²) in [7, 11) is 0. The van der Waals surface area contributed by atoms with Gasteiger partial charge >= 0.3 is 0 Å². The van der Waals surface area contributed by atoms with Gasteiger partial charge in [-0.05, 0) is 37.6 Å². The highest BCUT2D eigenvalue weighted by Crippen LogP contribution is 2.19. The summed E-state index contributed by atoms with van der Waals surface area (Å²) in [5.41, 5.74) is 2.62. The van der Waals surface area contributed by atoms with Crippen LogP contribution in [-0.4, -0.2) is 15.2 Å². The van der Waals surface area contributed by atoms with Gasteiger partial charge in [-0.15, -0.1) is 0 Å². The van der Waals surface area contributed by atoms with Gasteiger partial charge in [-0.1, -0.05) is 0 Å². The van der Waals surface area contributed by atoms with E-state index in [1.54, 1.807) is 0 Å². The molecule has 2 N–H and O–H groups in total. The SMILES string of the molecule is Cc1cc(NC(C)c2ncn[nH]2)ccc1C#N. The van der Waals surface area contributed by atoms with E-state index in [-0.39, 0.29) is 6.04 Å². The minimum atomic E-state index is 0.0461. The number of anilines is 1. The van der Waals surface area contributed by atoms with Crippen LogP contribution in [0.4, 0.5) is 5.69 Å². The van der Waals surface area contributed by atoms with Crippen molar-refractivity contribution in [3.63, 3.8) is 0 Å². The van der Waals surface area contributed by atoms with Crippen LogP contribution in [0.5, 0.6) is 0 Å². The second-order valence-corrected chi connectivity index (χ2v) is 3.88. The van der Waals surface area contributed by atoms with E-state index in [1.807, 2.05) is 32.0 Å². The first-order valence-corrected chi connectivity index (χ1v) is 5.33. The molecule has 0 saturated carbocycles. The van der Waals surface area contributed by atoms with E-state index in [0.717, 1.165) is 17.1 Å². The van der Waals surface area contributed by atoms with Crippen LogP contribution in [0.25, 0.3) is 0 Å². The molecule has 0 bridgehead atoms. The van der Waals surface area contributed by atoms with Crippen molar-refractivity contribution < 1.29 is 0 Å². The van der Waals surface area contributed by atoms with Crippen LogP contribution in [0.1, 0.15) is 29.9 Å². The summed E-state index contributed by atoms with van der Waals surface area (Å²) in [6.45, 7) is 3.91. The molecule has 0 radical (unpaired) electrons. The lowest BCUT2D eigenvalue weighted by Crippen LogP contribution is -2.08. The summed E-state index contributed by atoms with van der Waals surface area (Å²) in [5, 5.41) is 18.8. The fourth-order valence-electron chi connectivity index (χ4n) is 1.62. The third-order valence-electron chi connectivity index (χ3n) is 2.57. The van der Waals surface area contributed by atoms with Crippen LogP contribution < -0.4 is 5.32 Å². The molecule has 0 spiro atoms. The smallest absolute Gasteiger partial charge is 0.146 e. The van der Waals surface area contributed by atoms with Crippen LogP contribution in [0.15, 0.2) is 24.5 Å². The van der Waals surface area contributed by atoms with Crippen LogP contribution in [0.2, 0.25) is 0 Å². The molecule has 0 fully saturated rings. The van der Waals surface area contributed by atoms with Crippen molar-refractivity contribution in [2.45, 2.75) is 19.9 Å². The van der Waals surface area contributed by atoms with E-state index < -0.39 is 0 Å². The van der Waals surface area contributed by atoms with Gasteiger partial charge in [-0.3, -0.25) is 5.10 Å². The molecule has 1 aromatic heterocycles. The standard InChI is InChI=1S/C12H13N5/c1-8-5-11(4-3-10(8)6-13)16-9(2)12-14-7-15-17-12/h3-5,7,9,16H,1-2H3,(H,14,15,17). The molecule has 5 nitrogen and oxygen atoms in total. The maximum absolute atomic E-state index is 8.85. The number of rotatable bonds is 3. The minimum absolute atomic E-state index is 0.0461. The first-order chi connectivity index (χ1) is 8.20. The number of nitrogens with one attached hydrogen (secondary N) is 2. The Balaban J connectivity index is 2.15. The van der Waals surface area contributed by atoms with Gasteiger partial charge in [0.1, 0.15) is 12.2 Å². The highest BCUT2D eigenvalue weighted by Gasteiger charge is 2.08. The molecule has 1 heterocycles. The van der Waals surface area contributed by atoms with Crippen LogP contribution >= 0.6 is 0 Å². The van der Waals surface area contributed by atoms with E-state index in [0.29, 0.717) is 5.56 Å². The maximum Gasteiger partial charge on any atom is 0.146 e. The zero-order valence-corrected chi connectivity index (χ0v) is 9.73. The Hall–Kier alpha value is -2.35. The zero-order valence-electron chi connectivity index (χ0n) is 9.73. The number of aromatic nitrogens is 3. The summed E-state index contributed by atoms with van der Waals surface area (Å²) in [4.78, 5) is 4.09. The third kappa shape index (κ3) is 2.42. The molecule has 5 heteroatoms.